The summed E-state index contributed by atoms with van der Waals surface area (Å²) in [4.78, 5) is 12.3. The highest BCUT2D eigenvalue weighted by atomic mass is 35.5. The third-order valence-electron chi connectivity index (χ3n) is 3.47. The van der Waals surface area contributed by atoms with E-state index in [1.807, 2.05) is 5.32 Å². The molecular formula is C17H16ClN5O3. The second-order valence-corrected chi connectivity index (χ2v) is 5.61. The molecular weight excluding hydrogens is 358 g/mol. The molecule has 0 unspecified atom stereocenters. The third-order valence-corrected chi connectivity index (χ3v) is 3.66. The zero-order chi connectivity index (χ0) is 21.2. The predicted octanol–water partition coefficient (Wildman–Crippen LogP) is 3.21. The van der Waals surface area contributed by atoms with E-state index >= 15 is 0 Å². The van der Waals surface area contributed by atoms with Gasteiger partial charge in [0.25, 0.3) is 5.91 Å². The summed E-state index contributed by atoms with van der Waals surface area (Å²) in [6, 6.07) is 8.33. The molecule has 26 heavy (non-hydrogen) atoms. The molecule has 0 aliphatic rings. The Morgan fingerprint density at radius 2 is 2.15 bits per heavy atom. The normalized spacial score (nSPS) is 12.7. The lowest BCUT2D eigenvalue weighted by molar-refractivity contribution is 0.0958. The summed E-state index contributed by atoms with van der Waals surface area (Å²) in [7, 11) is 1.48. The number of aryl methyl sites for hydroxylation is 1. The highest BCUT2D eigenvalue weighted by Crippen LogP contribution is 2.38. The van der Waals surface area contributed by atoms with Gasteiger partial charge in [0.2, 0.25) is 0 Å². The Morgan fingerprint density at radius 1 is 1.31 bits per heavy atom. The van der Waals surface area contributed by atoms with Crippen molar-refractivity contribution in [1.82, 2.24) is 20.7 Å². The topological polar surface area (TPSA) is 102 Å². The zero-order valence-electron chi connectivity index (χ0n) is 16.8. The van der Waals surface area contributed by atoms with Crippen LogP contribution in [0.25, 0.3) is 11.3 Å². The fraction of sp³-hybridized carbons (Fsp3) is 0.176. The number of hydrogen-bond donors (Lipinski definition) is 2. The molecule has 8 nitrogen and oxygen atoms in total. The number of anilines is 2. The monoisotopic (exact) mass is 376 g/mol. The van der Waals surface area contributed by atoms with Crippen LogP contribution < -0.4 is 15.4 Å². The van der Waals surface area contributed by atoms with Crippen LogP contribution in [0.5, 0.6) is 5.75 Å². The van der Waals surface area contributed by atoms with Gasteiger partial charge < -0.3 is 19.9 Å². The number of hydrogen-bond acceptors (Lipinski definition) is 7. The van der Waals surface area contributed by atoms with Crippen LogP contribution in [0, 0.1) is 6.92 Å². The van der Waals surface area contributed by atoms with E-state index in [9.17, 15) is 4.79 Å². The van der Waals surface area contributed by atoms with Gasteiger partial charge in [0.1, 0.15) is 0 Å². The second-order valence-electron chi connectivity index (χ2n) is 5.23. The molecule has 1 amide bonds. The molecule has 1 aromatic carbocycles. The number of rotatable bonds is 5. The lowest BCUT2D eigenvalue weighted by atomic mass is 10.1. The number of amides is 1. The van der Waals surface area contributed by atoms with Crippen molar-refractivity contribution < 1.29 is 18.2 Å². The average Bonchev–Trinajstić information content (AvgIpc) is 3.06. The van der Waals surface area contributed by atoms with Crippen LogP contribution in [0.4, 0.5) is 11.4 Å². The van der Waals surface area contributed by atoms with Crippen LogP contribution in [-0.2, 0) is 0 Å². The van der Waals surface area contributed by atoms with Gasteiger partial charge in [-0.15, -0.1) is 10.2 Å². The maximum absolute atomic E-state index is 12.3. The Labute approximate surface area is 158 Å². The minimum Gasteiger partial charge on any atom is -0.494 e. The van der Waals surface area contributed by atoms with E-state index in [0.717, 1.165) is 0 Å². The number of carbonyl (C=O) groups excluding carboxylic acids is 1. The maximum Gasteiger partial charge on any atom is 0.273 e. The molecule has 0 aliphatic heterocycles. The van der Waals surface area contributed by atoms with Crippen molar-refractivity contribution in [3.8, 4) is 17.1 Å². The fourth-order valence-corrected chi connectivity index (χ4v) is 2.52. The van der Waals surface area contributed by atoms with Crippen molar-refractivity contribution in [3.63, 3.8) is 0 Å². The van der Waals surface area contributed by atoms with Crippen molar-refractivity contribution in [2.45, 2.75) is 6.92 Å². The number of halogens is 1. The molecule has 2 N–H and O–H groups in total. The Bertz CT molecular complexity index is 1060. The first kappa shape index (κ1) is 14.1. The van der Waals surface area contributed by atoms with Crippen molar-refractivity contribution >= 4 is 28.9 Å². The van der Waals surface area contributed by atoms with Crippen LogP contribution in [-0.4, -0.2) is 35.3 Å². The van der Waals surface area contributed by atoms with Gasteiger partial charge in [-0.05, 0) is 19.1 Å². The van der Waals surface area contributed by atoms with Crippen LogP contribution >= 0.6 is 11.6 Å². The lowest BCUT2D eigenvalue weighted by Crippen LogP contribution is -2.21. The van der Waals surface area contributed by atoms with Gasteiger partial charge in [-0.2, -0.15) is 0 Å². The Hall–Kier alpha value is -3.13. The van der Waals surface area contributed by atoms with E-state index in [4.69, 9.17) is 25.0 Å². The Balaban J connectivity index is 2.02. The summed E-state index contributed by atoms with van der Waals surface area (Å²) >= 11 is 5.91. The molecule has 0 aliphatic carbocycles. The molecule has 0 atom stereocenters. The number of nitrogens with zero attached hydrogens (tertiary/aromatic N) is 3. The van der Waals surface area contributed by atoms with E-state index in [-0.39, 0.29) is 16.5 Å². The van der Waals surface area contributed by atoms with Crippen LogP contribution in [0.1, 0.15) is 20.3 Å². The summed E-state index contributed by atoms with van der Waals surface area (Å²) in [6.07, 6.45) is 0. The van der Waals surface area contributed by atoms with Gasteiger partial charge in [-0.25, -0.2) is 0 Å². The van der Waals surface area contributed by atoms with Gasteiger partial charge in [0.05, 0.1) is 29.7 Å². The van der Waals surface area contributed by atoms with Gasteiger partial charge in [-0.3, -0.25) is 4.79 Å². The molecule has 0 bridgehead atoms. The van der Waals surface area contributed by atoms with Crippen LogP contribution in [0.15, 0.2) is 34.9 Å². The first-order valence-electron chi connectivity index (χ1n) is 8.91. The van der Waals surface area contributed by atoms with Gasteiger partial charge in [-0.1, -0.05) is 22.8 Å². The summed E-state index contributed by atoms with van der Waals surface area (Å²) in [5.41, 5.74) is 1.70. The number of para-hydroxylation sites is 1. The number of nitrogens with one attached hydrogen (secondary N) is 2. The summed E-state index contributed by atoms with van der Waals surface area (Å²) in [5.74, 6) is -0.0225. The molecule has 3 aromatic rings. The summed E-state index contributed by atoms with van der Waals surface area (Å²) in [6.45, 7) is -0.889. The first-order chi connectivity index (χ1) is 13.7. The third kappa shape index (κ3) is 3.45. The number of ether oxygens (including phenoxy) is 1. The number of benzene rings is 1. The zero-order valence-corrected chi connectivity index (χ0v) is 14.6. The van der Waals surface area contributed by atoms with Crippen LogP contribution in [0.2, 0.25) is 5.15 Å². The van der Waals surface area contributed by atoms with E-state index in [2.05, 4.69) is 20.7 Å². The molecule has 0 spiro atoms. The van der Waals surface area contributed by atoms with E-state index in [0.29, 0.717) is 28.5 Å². The van der Waals surface area contributed by atoms with Crippen molar-refractivity contribution in [1.29, 1.82) is 0 Å². The Kier molecular flexibility index (Phi) is 4.01. The molecule has 2 aromatic heterocycles. The summed E-state index contributed by atoms with van der Waals surface area (Å²) < 4.78 is 32.4. The van der Waals surface area contributed by atoms with E-state index < -0.39 is 12.9 Å². The minimum atomic E-state index is -2.68. The first-order valence-corrected chi connectivity index (χ1v) is 7.79. The Morgan fingerprint density at radius 3 is 2.85 bits per heavy atom. The van der Waals surface area contributed by atoms with Crippen molar-refractivity contribution in [2.24, 2.45) is 0 Å². The molecule has 3 rings (SSSR count). The highest BCUT2D eigenvalue weighted by molar-refractivity contribution is 6.29. The molecule has 2 heterocycles. The predicted molar refractivity (Wildman–Crippen MR) is 96.9 cm³/mol. The molecule has 0 saturated carbocycles. The fourth-order valence-electron chi connectivity index (χ4n) is 2.38. The lowest BCUT2D eigenvalue weighted by Gasteiger charge is -2.15. The van der Waals surface area contributed by atoms with Gasteiger partial charge >= 0.3 is 0 Å². The average molecular weight is 377 g/mol. The quantitative estimate of drug-likeness (QED) is 0.704. The standard InChI is InChI=1S/C17H16ClN5O3/c1-9-7-13(26-23-9)10-5-4-6-11(16(10)25-3)20-12-8-14(18)21-22-15(12)17(24)19-2/h4-8H,1-3H3,(H,19,24)(H,20,21)/i2D3. The van der Waals surface area contributed by atoms with Crippen molar-refractivity contribution in [2.75, 3.05) is 19.4 Å². The largest absolute Gasteiger partial charge is 0.494 e. The smallest absolute Gasteiger partial charge is 0.273 e. The molecule has 0 fully saturated rings. The maximum atomic E-state index is 12.3. The van der Waals surface area contributed by atoms with Crippen molar-refractivity contribution in [3.05, 3.63) is 46.9 Å². The van der Waals surface area contributed by atoms with Gasteiger partial charge in [0, 0.05) is 23.2 Å². The van der Waals surface area contributed by atoms with Crippen LogP contribution in [0.3, 0.4) is 0 Å². The van der Waals surface area contributed by atoms with E-state index in [1.165, 1.54) is 13.2 Å². The molecule has 134 valence electrons. The molecule has 0 radical (unpaired) electrons. The number of methoxy groups -OCH3 is 1. The van der Waals surface area contributed by atoms with Gasteiger partial charge in [0.15, 0.2) is 22.4 Å². The van der Waals surface area contributed by atoms with E-state index in [1.54, 1.807) is 31.2 Å². The molecule has 9 heteroatoms. The molecule has 0 saturated heterocycles. The number of carbonyl (C=O) groups is 1. The highest BCUT2D eigenvalue weighted by Gasteiger charge is 2.18. The minimum absolute atomic E-state index is 0.0129. The SMILES string of the molecule is [2H]C([2H])([2H])NC(=O)c1nnc(Cl)cc1Nc1cccc(-c2cc(C)no2)c1OC. The second kappa shape index (κ2) is 7.40. The number of aromatic nitrogens is 3. The summed E-state index contributed by atoms with van der Waals surface area (Å²) in [5, 5.41) is 16.1.